The van der Waals surface area contributed by atoms with Crippen LogP contribution in [0.25, 0.3) is 0 Å². The third-order valence-corrected chi connectivity index (χ3v) is 7.21. The predicted molar refractivity (Wildman–Crippen MR) is 132 cm³/mol. The van der Waals surface area contributed by atoms with Crippen molar-refractivity contribution in [3.63, 3.8) is 0 Å². The van der Waals surface area contributed by atoms with Gasteiger partial charge >= 0.3 is 5.97 Å². The minimum absolute atomic E-state index is 0.0132. The first-order chi connectivity index (χ1) is 16.2. The minimum atomic E-state index is -4.04. The van der Waals surface area contributed by atoms with E-state index in [1.165, 1.54) is 42.6 Å². The van der Waals surface area contributed by atoms with Crippen molar-refractivity contribution in [1.29, 1.82) is 0 Å². The molecule has 0 aromatic heterocycles. The largest absolute Gasteiger partial charge is 0.478 e. The Hall–Kier alpha value is -3.05. The topological polar surface area (TPSA) is 116 Å². The summed E-state index contributed by atoms with van der Waals surface area (Å²) in [6, 6.07) is 18.8. The Labute approximate surface area is 210 Å². The third kappa shape index (κ3) is 6.73. The van der Waals surface area contributed by atoms with Crippen LogP contribution in [-0.2, 0) is 21.4 Å². The minimum Gasteiger partial charge on any atom is -0.478 e. The van der Waals surface area contributed by atoms with Gasteiger partial charge in [0, 0.05) is 21.6 Å². The van der Waals surface area contributed by atoms with Gasteiger partial charge < -0.3 is 5.11 Å². The van der Waals surface area contributed by atoms with Crippen molar-refractivity contribution < 1.29 is 23.1 Å². The van der Waals surface area contributed by atoms with Gasteiger partial charge in [-0.05, 0) is 48.0 Å². The number of carboxylic acid groups (broad SMARTS) is 1. The van der Waals surface area contributed by atoms with Gasteiger partial charge in [-0.3, -0.25) is 4.79 Å². The number of carboxylic acids is 1. The average molecular weight is 565 g/mol. The highest BCUT2D eigenvalue weighted by Crippen LogP contribution is 2.21. The number of aromatic carboxylic acids is 1. The van der Waals surface area contributed by atoms with Crippen molar-refractivity contribution in [3.05, 3.63) is 99.0 Å². The molecular formula is C23H19BrClN3O5S. The lowest BCUT2D eigenvalue weighted by atomic mass is 10.1. The van der Waals surface area contributed by atoms with Crippen molar-refractivity contribution in [2.75, 3.05) is 6.54 Å². The molecule has 176 valence electrons. The van der Waals surface area contributed by atoms with Crippen LogP contribution >= 0.6 is 27.5 Å². The molecule has 8 nitrogen and oxygen atoms in total. The van der Waals surface area contributed by atoms with E-state index in [4.69, 9.17) is 11.6 Å². The lowest BCUT2D eigenvalue weighted by Gasteiger charge is -2.21. The second-order valence-electron chi connectivity index (χ2n) is 7.04. The molecule has 0 aliphatic carbocycles. The van der Waals surface area contributed by atoms with E-state index >= 15 is 0 Å². The number of amides is 1. The van der Waals surface area contributed by atoms with E-state index in [-0.39, 0.29) is 22.6 Å². The van der Waals surface area contributed by atoms with E-state index in [1.807, 2.05) is 0 Å². The molecule has 0 bridgehead atoms. The van der Waals surface area contributed by atoms with Gasteiger partial charge in [-0.15, -0.1) is 0 Å². The highest BCUT2D eigenvalue weighted by Gasteiger charge is 2.27. The fraction of sp³-hybridized carbons (Fsp3) is 0.0870. The molecule has 0 saturated heterocycles. The van der Waals surface area contributed by atoms with Crippen LogP contribution in [0.5, 0.6) is 0 Å². The quantitative estimate of drug-likeness (QED) is 0.299. The second kappa shape index (κ2) is 11.4. The number of sulfonamides is 1. The zero-order valence-electron chi connectivity index (χ0n) is 17.6. The van der Waals surface area contributed by atoms with Gasteiger partial charge in [-0.2, -0.15) is 9.41 Å². The van der Waals surface area contributed by atoms with Gasteiger partial charge in [0.25, 0.3) is 5.91 Å². The predicted octanol–water partition coefficient (Wildman–Crippen LogP) is 4.14. The Morgan fingerprint density at radius 2 is 1.68 bits per heavy atom. The number of hydrazone groups is 1. The molecule has 0 unspecified atom stereocenters. The van der Waals surface area contributed by atoms with Gasteiger partial charge in [0.2, 0.25) is 10.0 Å². The van der Waals surface area contributed by atoms with Gasteiger partial charge in [0.05, 0.1) is 23.2 Å². The molecule has 11 heteroatoms. The summed E-state index contributed by atoms with van der Waals surface area (Å²) in [4.78, 5) is 23.8. The summed E-state index contributed by atoms with van der Waals surface area (Å²) in [7, 11) is -4.04. The third-order valence-electron chi connectivity index (χ3n) is 4.63. The molecule has 3 aromatic rings. The van der Waals surface area contributed by atoms with Crippen LogP contribution in [0, 0.1) is 0 Å². The fourth-order valence-corrected chi connectivity index (χ4v) is 4.72. The number of halogens is 2. The number of carbonyl (C=O) groups is 2. The summed E-state index contributed by atoms with van der Waals surface area (Å²) in [5.74, 6) is -1.83. The average Bonchev–Trinajstić information content (AvgIpc) is 2.80. The van der Waals surface area contributed by atoms with Crippen LogP contribution in [0.2, 0.25) is 5.02 Å². The number of nitrogens with zero attached hydrogens (tertiary/aromatic N) is 2. The first-order valence-corrected chi connectivity index (χ1v) is 12.4. The number of nitrogens with one attached hydrogen (secondary N) is 1. The molecule has 0 heterocycles. The van der Waals surface area contributed by atoms with E-state index in [2.05, 4.69) is 26.5 Å². The number of carbonyl (C=O) groups excluding carboxylic acids is 1. The molecular weight excluding hydrogens is 546 g/mol. The van der Waals surface area contributed by atoms with Crippen molar-refractivity contribution >= 4 is 55.6 Å². The maximum Gasteiger partial charge on any atom is 0.336 e. The summed E-state index contributed by atoms with van der Waals surface area (Å²) in [6.07, 6.45) is 1.19. The van der Waals surface area contributed by atoms with Crippen LogP contribution in [0.15, 0.2) is 87.3 Å². The highest BCUT2D eigenvalue weighted by atomic mass is 79.9. The molecule has 0 aliphatic rings. The molecule has 34 heavy (non-hydrogen) atoms. The Kier molecular flexibility index (Phi) is 8.56. The number of rotatable bonds is 9. The monoisotopic (exact) mass is 563 g/mol. The van der Waals surface area contributed by atoms with Crippen LogP contribution in [-0.4, -0.2) is 42.5 Å². The molecule has 0 atom stereocenters. The lowest BCUT2D eigenvalue weighted by molar-refractivity contribution is -0.121. The Morgan fingerprint density at radius 1 is 1.03 bits per heavy atom. The van der Waals surface area contributed by atoms with E-state index in [0.717, 1.165) is 8.78 Å². The zero-order valence-corrected chi connectivity index (χ0v) is 20.7. The number of hydrogen-bond acceptors (Lipinski definition) is 5. The fourth-order valence-electron chi connectivity index (χ4n) is 2.95. The number of benzene rings is 3. The first kappa shape index (κ1) is 25.6. The Morgan fingerprint density at radius 3 is 2.32 bits per heavy atom. The molecule has 2 N–H and O–H groups in total. The lowest BCUT2D eigenvalue weighted by Crippen LogP contribution is -2.39. The second-order valence-corrected chi connectivity index (χ2v) is 10.3. The van der Waals surface area contributed by atoms with E-state index in [9.17, 15) is 23.1 Å². The normalized spacial score (nSPS) is 11.6. The van der Waals surface area contributed by atoms with E-state index in [1.54, 1.807) is 36.4 Å². The summed E-state index contributed by atoms with van der Waals surface area (Å²) in [5.41, 5.74) is 3.24. The zero-order chi connectivity index (χ0) is 24.7. The van der Waals surface area contributed by atoms with Gasteiger partial charge in [0.15, 0.2) is 0 Å². The summed E-state index contributed by atoms with van der Waals surface area (Å²) < 4.78 is 28.4. The highest BCUT2D eigenvalue weighted by molar-refractivity contribution is 9.10. The standard InChI is InChI=1S/C23H19BrClN3O5S/c24-18-7-5-16(6-8-18)14-28(34(32,33)20-11-9-19(25)10-12-20)15-22(29)27-26-13-17-3-1-2-4-21(17)23(30)31/h1-13H,14-15H2,(H,27,29)(H,30,31)/b26-13-. The molecule has 3 rings (SSSR count). The summed E-state index contributed by atoms with van der Waals surface area (Å²) in [6.45, 7) is -0.573. The van der Waals surface area contributed by atoms with Gasteiger partial charge in [0.1, 0.15) is 0 Å². The van der Waals surface area contributed by atoms with Gasteiger partial charge in [-0.1, -0.05) is 57.9 Å². The maximum absolute atomic E-state index is 13.3. The van der Waals surface area contributed by atoms with Crippen LogP contribution < -0.4 is 5.43 Å². The molecule has 1 amide bonds. The van der Waals surface area contributed by atoms with Crippen molar-refractivity contribution in [1.82, 2.24) is 9.73 Å². The summed E-state index contributed by atoms with van der Waals surface area (Å²) in [5, 5.41) is 13.4. The van der Waals surface area contributed by atoms with Crippen molar-refractivity contribution in [3.8, 4) is 0 Å². The van der Waals surface area contributed by atoms with Crippen LogP contribution in [0.1, 0.15) is 21.5 Å². The molecule has 0 fully saturated rings. The SMILES string of the molecule is O=C(CN(Cc1ccc(Br)cc1)S(=O)(=O)c1ccc(Cl)cc1)N/N=C\c1ccccc1C(=O)O. The van der Waals surface area contributed by atoms with Crippen molar-refractivity contribution in [2.45, 2.75) is 11.4 Å². The molecule has 0 spiro atoms. The molecule has 3 aromatic carbocycles. The van der Waals surface area contributed by atoms with E-state index < -0.39 is 28.4 Å². The Bertz CT molecular complexity index is 1310. The smallest absolute Gasteiger partial charge is 0.336 e. The van der Waals surface area contributed by atoms with Gasteiger partial charge in [-0.25, -0.2) is 18.6 Å². The van der Waals surface area contributed by atoms with Crippen molar-refractivity contribution in [2.24, 2.45) is 5.10 Å². The molecule has 0 radical (unpaired) electrons. The molecule has 0 aliphatic heterocycles. The molecule has 0 saturated carbocycles. The maximum atomic E-state index is 13.3. The van der Waals surface area contributed by atoms with E-state index in [0.29, 0.717) is 10.6 Å². The summed E-state index contributed by atoms with van der Waals surface area (Å²) >= 11 is 9.21. The van der Waals surface area contributed by atoms with Crippen LogP contribution in [0.4, 0.5) is 0 Å². The number of hydrogen-bond donors (Lipinski definition) is 2. The first-order valence-electron chi connectivity index (χ1n) is 9.81. The Balaban J connectivity index is 1.80. The van der Waals surface area contributed by atoms with Crippen LogP contribution in [0.3, 0.4) is 0 Å².